The molecule has 12 aromatic rings. The first-order valence-corrected chi connectivity index (χ1v) is 22.5. The molecule has 0 amide bonds. The molecule has 0 saturated carbocycles. The van der Waals surface area contributed by atoms with Gasteiger partial charge in [-0.2, -0.15) is 0 Å². The van der Waals surface area contributed by atoms with E-state index in [1.165, 1.54) is 66.1 Å². The van der Waals surface area contributed by atoms with E-state index < -0.39 is 5.41 Å². The number of fused-ring (bicyclic) bond motifs is 15. The van der Waals surface area contributed by atoms with E-state index in [2.05, 4.69) is 241 Å². The van der Waals surface area contributed by atoms with Gasteiger partial charge in [-0.15, -0.1) is 0 Å². The maximum absolute atomic E-state index is 7.01. The van der Waals surface area contributed by atoms with Crippen molar-refractivity contribution in [3.8, 4) is 44.5 Å². The van der Waals surface area contributed by atoms with Crippen LogP contribution in [0.25, 0.3) is 88.0 Å². The van der Waals surface area contributed by atoms with E-state index in [9.17, 15) is 0 Å². The molecule has 0 N–H and O–H groups in total. The van der Waals surface area contributed by atoms with Gasteiger partial charge in [0.1, 0.15) is 11.2 Å². The van der Waals surface area contributed by atoms with Gasteiger partial charge >= 0.3 is 0 Å². The molecule has 1 heterocycles. The fourth-order valence-corrected chi connectivity index (χ4v) is 11.5. The zero-order valence-corrected chi connectivity index (χ0v) is 35.4. The van der Waals surface area contributed by atoms with Crippen LogP contribution in [-0.2, 0) is 5.41 Å². The number of benzene rings is 11. The molecule has 0 aliphatic heterocycles. The first-order valence-electron chi connectivity index (χ1n) is 22.5. The Morgan fingerprint density at radius 1 is 0.323 bits per heavy atom. The topological polar surface area (TPSA) is 16.4 Å². The summed E-state index contributed by atoms with van der Waals surface area (Å²) >= 11 is 0. The van der Waals surface area contributed by atoms with Crippen LogP contribution in [0.2, 0.25) is 0 Å². The van der Waals surface area contributed by atoms with Crippen LogP contribution in [0.4, 0.5) is 17.1 Å². The van der Waals surface area contributed by atoms with E-state index >= 15 is 0 Å². The maximum atomic E-state index is 7.01. The predicted octanol–water partition coefficient (Wildman–Crippen LogP) is 17.0. The third kappa shape index (κ3) is 5.11. The fourth-order valence-electron chi connectivity index (χ4n) is 11.5. The van der Waals surface area contributed by atoms with Crippen molar-refractivity contribution in [3.63, 3.8) is 0 Å². The van der Waals surface area contributed by atoms with Crippen LogP contribution >= 0.6 is 0 Å². The van der Waals surface area contributed by atoms with Gasteiger partial charge in [-0.3, -0.25) is 0 Å². The van der Waals surface area contributed by atoms with E-state index in [1.54, 1.807) is 0 Å². The van der Waals surface area contributed by atoms with Gasteiger partial charge in [0.05, 0.1) is 11.1 Å². The summed E-state index contributed by atoms with van der Waals surface area (Å²) in [6.07, 6.45) is 0. The Morgan fingerprint density at radius 3 is 1.63 bits per heavy atom. The largest absolute Gasteiger partial charge is 0.455 e. The predicted molar refractivity (Wildman–Crippen MR) is 271 cm³/mol. The van der Waals surface area contributed by atoms with Gasteiger partial charge in [-0.1, -0.05) is 188 Å². The molecule has 0 bridgehead atoms. The molecule has 0 unspecified atom stereocenters. The second kappa shape index (κ2) is 13.8. The van der Waals surface area contributed by atoms with Crippen molar-refractivity contribution in [1.82, 2.24) is 0 Å². The number of rotatable bonds is 5. The van der Waals surface area contributed by atoms with Crippen LogP contribution in [0.1, 0.15) is 22.3 Å². The minimum absolute atomic E-state index is 0.468. The number of para-hydroxylation sites is 1. The highest BCUT2D eigenvalue weighted by Gasteiger charge is 2.51. The van der Waals surface area contributed by atoms with E-state index in [4.69, 9.17) is 4.42 Å². The number of hydrogen-bond acceptors (Lipinski definition) is 2. The minimum atomic E-state index is -0.468. The highest BCUT2D eigenvalue weighted by Crippen LogP contribution is 2.63. The zero-order chi connectivity index (χ0) is 42.6. The summed E-state index contributed by atoms with van der Waals surface area (Å²) in [4.78, 5) is 2.47. The molecule has 2 aliphatic carbocycles. The minimum Gasteiger partial charge on any atom is -0.455 e. The molecular weight excluding hydrogens is 787 g/mol. The summed E-state index contributed by atoms with van der Waals surface area (Å²) in [6, 6.07) is 87.0. The van der Waals surface area contributed by atoms with Crippen molar-refractivity contribution in [2.45, 2.75) is 5.41 Å². The SMILES string of the molecule is c1ccc(-c2ccccc2N(c2ccc3c(c2)C2(c4ccccc4-c4ccccc42)c2ccccc2-3)c2ccc3oc4c(-c5ccc6ccccc6c5)c5ccccc5cc4c3c2)cc1. The normalized spacial score (nSPS) is 13.0. The Hall–Kier alpha value is -8.46. The molecular formula is C63H39NO. The summed E-state index contributed by atoms with van der Waals surface area (Å²) in [7, 11) is 0. The maximum Gasteiger partial charge on any atom is 0.143 e. The number of nitrogens with zero attached hydrogens (tertiary/aromatic N) is 1. The molecule has 1 spiro atoms. The lowest BCUT2D eigenvalue weighted by molar-refractivity contribution is 0.670. The Kier molecular flexibility index (Phi) is 7.64. The number of anilines is 3. The first-order chi connectivity index (χ1) is 32.2. The van der Waals surface area contributed by atoms with E-state index in [0.29, 0.717) is 0 Å². The Labute approximate surface area is 376 Å². The second-order valence-electron chi connectivity index (χ2n) is 17.5. The van der Waals surface area contributed by atoms with Crippen LogP contribution in [0, 0.1) is 0 Å². The Morgan fingerprint density at radius 2 is 0.892 bits per heavy atom. The van der Waals surface area contributed by atoms with Gasteiger partial charge < -0.3 is 9.32 Å². The van der Waals surface area contributed by atoms with Crippen LogP contribution in [0.3, 0.4) is 0 Å². The lowest BCUT2D eigenvalue weighted by Gasteiger charge is -2.32. The highest BCUT2D eigenvalue weighted by molar-refractivity contribution is 6.19. The molecule has 14 rings (SSSR count). The number of furan rings is 1. The quantitative estimate of drug-likeness (QED) is 0.172. The summed E-state index contributed by atoms with van der Waals surface area (Å²) in [5.74, 6) is 0. The molecule has 0 fully saturated rings. The Balaban J connectivity index is 1.04. The van der Waals surface area contributed by atoms with Crippen LogP contribution in [0.5, 0.6) is 0 Å². The molecule has 65 heavy (non-hydrogen) atoms. The van der Waals surface area contributed by atoms with Gasteiger partial charge in [-0.05, 0) is 126 Å². The average Bonchev–Trinajstić information content (AvgIpc) is 3.99. The summed E-state index contributed by atoms with van der Waals surface area (Å²) in [6.45, 7) is 0. The standard InChI is InChI=1S/C63H39NO/c1-2-17-41(18-3-1)47-21-11-15-29-59(47)64(46-32-34-52-51-25-10-14-28-57(51)63(58(52)39-46)55-26-12-8-23-49(55)50-24-9-13-27-56(50)63)45-33-35-60-53(38-45)54-37-43-20-6-7-22-48(43)61(62(54)65-60)44-31-30-40-16-4-5-19-42(40)36-44/h1-39H. The monoisotopic (exact) mass is 825 g/mol. The second-order valence-corrected chi connectivity index (χ2v) is 17.5. The molecule has 2 aliphatic rings. The fraction of sp³-hybridized carbons (Fsp3) is 0.0159. The smallest absolute Gasteiger partial charge is 0.143 e. The van der Waals surface area contributed by atoms with Crippen molar-refractivity contribution >= 4 is 60.5 Å². The molecule has 302 valence electrons. The summed E-state index contributed by atoms with van der Waals surface area (Å²) in [5, 5.41) is 6.97. The summed E-state index contributed by atoms with van der Waals surface area (Å²) < 4.78 is 7.01. The molecule has 0 saturated heterocycles. The summed E-state index contributed by atoms with van der Waals surface area (Å²) in [5.41, 5.74) is 19.6. The van der Waals surface area contributed by atoms with E-state index in [0.717, 1.165) is 61.3 Å². The zero-order valence-electron chi connectivity index (χ0n) is 35.4. The average molecular weight is 826 g/mol. The Bertz CT molecular complexity index is 3850. The van der Waals surface area contributed by atoms with Crippen molar-refractivity contribution in [2.75, 3.05) is 4.90 Å². The lowest BCUT2D eigenvalue weighted by Crippen LogP contribution is -2.26. The first kappa shape index (κ1) is 36.1. The van der Waals surface area contributed by atoms with Gasteiger partial charge in [0.15, 0.2) is 0 Å². The molecule has 11 aromatic carbocycles. The van der Waals surface area contributed by atoms with Crippen LogP contribution < -0.4 is 4.90 Å². The van der Waals surface area contributed by atoms with Gasteiger partial charge in [-0.25, -0.2) is 0 Å². The molecule has 2 heteroatoms. The molecule has 0 radical (unpaired) electrons. The molecule has 0 atom stereocenters. The van der Waals surface area contributed by atoms with Crippen LogP contribution in [0.15, 0.2) is 241 Å². The highest BCUT2D eigenvalue weighted by atomic mass is 16.3. The van der Waals surface area contributed by atoms with Crippen molar-refractivity contribution in [2.24, 2.45) is 0 Å². The van der Waals surface area contributed by atoms with Crippen molar-refractivity contribution in [1.29, 1.82) is 0 Å². The van der Waals surface area contributed by atoms with Crippen molar-refractivity contribution in [3.05, 3.63) is 259 Å². The third-order valence-corrected chi connectivity index (χ3v) is 14.2. The van der Waals surface area contributed by atoms with Gasteiger partial charge in [0.25, 0.3) is 0 Å². The number of hydrogen-bond donors (Lipinski definition) is 0. The van der Waals surface area contributed by atoms with Gasteiger partial charge in [0, 0.05) is 33.3 Å². The van der Waals surface area contributed by atoms with Gasteiger partial charge in [0.2, 0.25) is 0 Å². The lowest BCUT2D eigenvalue weighted by atomic mass is 9.70. The molecule has 2 nitrogen and oxygen atoms in total. The van der Waals surface area contributed by atoms with E-state index in [-0.39, 0.29) is 0 Å². The molecule has 1 aromatic heterocycles. The third-order valence-electron chi connectivity index (χ3n) is 14.2. The van der Waals surface area contributed by atoms with Crippen LogP contribution in [-0.4, -0.2) is 0 Å². The van der Waals surface area contributed by atoms with Crippen molar-refractivity contribution < 1.29 is 4.42 Å². The van der Waals surface area contributed by atoms with E-state index in [1.807, 2.05) is 0 Å².